The van der Waals surface area contributed by atoms with Crippen molar-refractivity contribution in [2.45, 2.75) is 38.9 Å². The van der Waals surface area contributed by atoms with Gasteiger partial charge in [-0.25, -0.2) is 0 Å². The van der Waals surface area contributed by atoms with Gasteiger partial charge in [0.25, 0.3) is 0 Å². The fraction of sp³-hybridized carbons (Fsp3) is 0.619. The molecule has 4 rings (SSSR count). The quantitative estimate of drug-likeness (QED) is 0.839. The number of rotatable bonds is 4. The third-order valence-corrected chi connectivity index (χ3v) is 6.00. The highest BCUT2D eigenvalue weighted by atomic mass is 16.5. The van der Waals surface area contributed by atoms with Crippen molar-refractivity contribution in [3.05, 3.63) is 40.6 Å². The van der Waals surface area contributed by atoms with E-state index in [1.165, 1.54) is 40.9 Å². The van der Waals surface area contributed by atoms with E-state index in [1.807, 2.05) is 0 Å². The Balaban J connectivity index is 1.42. The lowest BCUT2D eigenvalue weighted by molar-refractivity contribution is -0.0175. The van der Waals surface area contributed by atoms with Crippen LogP contribution in [0.1, 0.15) is 36.0 Å². The number of benzene rings is 1. The van der Waals surface area contributed by atoms with Gasteiger partial charge in [0, 0.05) is 25.6 Å². The molecule has 0 N–H and O–H groups in total. The van der Waals surface area contributed by atoms with Crippen molar-refractivity contribution in [3.8, 4) is 0 Å². The normalized spacial score (nSPS) is 24.6. The van der Waals surface area contributed by atoms with Gasteiger partial charge in [0.15, 0.2) is 0 Å². The van der Waals surface area contributed by atoms with Gasteiger partial charge >= 0.3 is 0 Å². The molecule has 4 nitrogen and oxygen atoms in total. The number of methoxy groups -OCH3 is 1. The Morgan fingerprint density at radius 1 is 1.20 bits per heavy atom. The van der Waals surface area contributed by atoms with Crippen LogP contribution in [0.25, 0.3) is 5.57 Å². The van der Waals surface area contributed by atoms with E-state index in [1.54, 1.807) is 7.11 Å². The zero-order chi connectivity index (χ0) is 17.2. The fourth-order valence-corrected chi connectivity index (χ4v) is 4.51. The van der Waals surface area contributed by atoms with Gasteiger partial charge in [-0.2, -0.15) is 0 Å². The zero-order valence-electron chi connectivity index (χ0n) is 15.4. The number of ether oxygens (including phenoxy) is 3. The minimum atomic E-state index is 0.314. The standard InChI is InChI=1S/C21H29NO3/c1-15-4-3-5-17-13-24-20-12-19(25-14-18(20)21(15)17)16-6-8-22(9-7-16)10-11-23-2/h3-5,16,19H,6-14H2,1-2H3. The van der Waals surface area contributed by atoms with Gasteiger partial charge in [-0.05, 0) is 55.5 Å². The molecule has 0 aliphatic carbocycles. The second-order valence-corrected chi connectivity index (χ2v) is 7.52. The zero-order valence-corrected chi connectivity index (χ0v) is 15.4. The molecule has 1 atom stereocenters. The van der Waals surface area contributed by atoms with Crippen LogP contribution in [0.2, 0.25) is 0 Å². The molecule has 1 aromatic rings. The first-order chi connectivity index (χ1) is 12.3. The van der Waals surface area contributed by atoms with Crippen LogP contribution in [0.5, 0.6) is 0 Å². The second kappa shape index (κ2) is 7.48. The average molecular weight is 343 g/mol. The Morgan fingerprint density at radius 3 is 2.84 bits per heavy atom. The summed E-state index contributed by atoms with van der Waals surface area (Å²) in [6, 6.07) is 6.48. The van der Waals surface area contributed by atoms with Crippen molar-refractivity contribution < 1.29 is 14.2 Å². The van der Waals surface area contributed by atoms with Crippen LogP contribution in [-0.2, 0) is 20.8 Å². The van der Waals surface area contributed by atoms with Gasteiger partial charge in [-0.15, -0.1) is 0 Å². The summed E-state index contributed by atoms with van der Waals surface area (Å²) in [7, 11) is 1.78. The van der Waals surface area contributed by atoms with Gasteiger partial charge in [0.2, 0.25) is 0 Å². The SMILES string of the molecule is COCCN1CCC(C2CC3=C(CO2)c2c(C)cccc2CO3)CC1. The van der Waals surface area contributed by atoms with Crippen LogP contribution in [0, 0.1) is 12.8 Å². The van der Waals surface area contributed by atoms with E-state index in [2.05, 4.69) is 30.0 Å². The monoisotopic (exact) mass is 343 g/mol. The predicted octanol–water partition coefficient (Wildman–Crippen LogP) is 3.38. The first kappa shape index (κ1) is 17.1. The molecule has 0 bridgehead atoms. The van der Waals surface area contributed by atoms with Crippen LogP contribution >= 0.6 is 0 Å². The molecule has 1 aromatic carbocycles. The number of piperidine rings is 1. The van der Waals surface area contributed by atoms with Crippen molar-refractivity contribution >= 4 is 5.57 Å². The molecule has 1 saturated heterocycles. The van der Waals surface area contributed by atoms with Crippen molar-refractivity contribution in [3.63, 3.8) is 0 Å². The molecule has 4 heteroatoms. The van der Waals surface area contributed by atoms with E-state index in [-0.39, 0.29) is 0 Å². The van der Waals surface area contributed by atoms with Gasteiger partial charge < -0.3 is 19.1 Å². The lowest BCUT2D eigenvalue weighted by Crippen LogP contribution is -2.41. The van der Waals surface area contributed by atoms with Gasteiger partial charge in [0.1, 0.15) is 12.4 Å². The molecule has 3 aliphatic rings. The van der Waals surface area contributed by atoms with E-state index in [0.717, 1.165) is 32.7 Å². The Kier molecular flexibility index (Phi) is 5.11. The van der Waals surface area contributed by atoms with E-state index < -0.39 is 0 Å². The average Bonchev–Trinajstić information content (AvgIpc) is 2.66. The number of nitrogens with zero attached hydrogens (tertiary/aromatic N) is 1. The smallest absolute Gasteiger partial charge is 0.113 e. The Morgan fingerprint density at radius 2 is 2.04 bits per heavy atom. The van der Waals surface area contributed by atoms with Crippen molar-refractivity contribution in [1.29, 1.82) is 0 Å². The molecule has 0 radical (unpaired) electrons. The van der Waals surface area contributed by atoms with Gasteiger partial charge in [-0.1, -0.05) is 18.2 Å². The molecule has 0 saturated carbocycles. The molecule has 3 aliphatic heterocycles. The molecule has 3 heterocycles. The van der Waals surface area contributed by atoms with Crippen LogP contribution in [0.3, 0.4) is 0 Å². The highest BCUT2D eigenvalue weighted by Crippen LogP contribution is 2.40. The lowest BCUT2D eigenvalue weighted by atomic mass is 9.84. The molecule has 0 aromatic heterocycles. The van der Waals surface area contributed by atoms with Crippen LogP contribution < -0.4 is 0 Å². The molecular weight excluding hydrogens is 314 g/mol. The van der Waals surface area contributed by atoms with Crippen LogP contribution in [-0.4, -0.2) is 51.0 Å². The maximum absolute atomic E-state index is 6.33. The first-order valence-corrected chi connectivity index (χ1v) is 9.53. The maximum atomic E-state index is 6.33. The van der Waals surface area contributed by atoms with E-state index in [0.29, 0.717) is 25.2 Å². The summed E-state index contributed by atoms with van der Waals surface area (Å²) in [5.41, 5.74) is 5.29. The minimum absolute atomic E-state index is 0.314. The first-order valence-electron chi connectivity index (χ1n) is 9.53. The highest BCUT2D eigenvalue weighted by Gasteiger charge is 2.34. The summed E-state index contributed by atoms with van der Waals surface area (Å²) < 4.78 is 17.7. The molecule has 136 valence electrons. The van der Waals surface area contributed by atoms with E-state index >= 15 is 0 Å². The number of hydrogen-bond acceptors (Lipinski definition) is 4. The number of fused-ring (bicyclic) bond motifs is 2. The van der Waals surface area contributed by atoms with E-state index in [9.17, 15) is 0 Å². The van der Waals surface area contributed by atoms with Crippen LogP contribution in [0.15, 0.2) is 24.0 Å². The fourth-order valence-electron chi connectivity index (χ4n) is 4.51. The number of hydrogen-bond donors (Lipinski definition) is 0. The topological polar surface area (TPSA) is 30.9 Å². The minimum Gasteiger partial charge on any atom is -0.493 e. The third kappa shape index (κ3) is 3.48. The van der Waals surface area contributed by atoms with E-state index in [4.69, 9.17) is 14.2 Å². The molecule has 25 heavy (non-hydrogen) atoms. The molecular formula is C21H29NO3. The van der Waals surface area contributed by atoms with Gasteiger partial charge in [-0.3, -0.25) is 0 Å². The maximum Gasteiger partial charge on any atom is 0.113 e. The lowest BCUT2D eigenvalue weighted by Gasteiger charge is -2.39. The molecule has 0 amide bonds. The summed E-state index contributed by atoms with van der Waals surface area (Å²) in [6.07, 6.45) is 3.68. The summed E-state index contributed by atoms with van der Waals surface area (Å²) in [6.45, 7) is 7.78. The van der Waals surface area contributed by atoms with Crippen molar-refractivity contribution in [2.24, 2.45) is 5.92 Å². The summed E-state index contributed by atoms with van der Waals surface area (Å²) in [5.74, 6) is 1.83. The van der Waals surface area contributed by atoms with Crippen molar-refractivity contribution in [2.75, 3.05) is 40.0 Å². The largest absolute Gasteiger partial charge is 0.493 e. The Bertz CT molecular complexity index is 647. The predicted molar refractivity (Wildman–Crippen MR) is 98.3 cm³/mol. The Hall–Kier alpha value is -1.36. The summed E-state index contributed by atoms with van der Waals surface area (Å²) >= 11 is 0. The van der Waals surface area contributed by atoms with Crippen molar-refractivity contribution in [1.82, 2.24) is 4.90 Å². The molecule has 1 fully saturated rings. The van der Waals surface area contributed by atoms with Crippen LogP contribution in [0.4, 0.5) is 0 Å². The number of likely N-dealkylation sites (tertiary alicyclic amines) is 1. The Labute approximate surface area is 150 Å². The van der Waals surface area contributed by atoms with Gasteiger partial charge in [0.05, 0.1) is 19.3 Å². The third-order valence-electron chi connectivity index (χ3n) is 6.00. The summed E-state index contributed by atoms with van der Waals surface area (Å²) in [4.78, 5) is 2.50. The second-order valence-electron chi connectivity index (χ2n) is 7.52. The molecule has 1 unspecified atom stereocenters. The number of aryl methyl sites for hydroxylation is 1. The summed E-state index contributed by atoms with van der Waals surface area (Å²) in [5, 5.41) is 0. The highest BCUT2D eigenvalue weighted by molar-refractivity contribution is 5.75. The molecule has 0 spiro atoms.